The summed E-state index contributed by atoms with van der Waals surface area (Å²) < 4.78 is 0. The molecule has 5 saturated carbocycles. The molecule has 92 valence electrons. The molecule has 0 amide bonds. The van der Waals surface area contributed by atoms with Gasteiger partial charge in [-0.15, -0.1) is 0 Å². The molecule has 0 heteroatoms. The first-order valence-electron chi connectivity index (χ1n) is 7.54. The Morgan fingerprint density at radius 3 is 1.42 bits per heavy atom. The predicted octanol–water partition coefficient (Wildman–Crippen LogP) is 3.77. The molecule has 5 aliphatic rings. The van der Waals surface area contributed by atoms with Crippen molar-refractivity contribution in [2.45, 2.75) is 17.3 Å². The van der Waals surface area contributed by atoms with Gasteiger partial charge in [0.05, 0.1) is 0 Å². The van der Waals surface area contributed by atoms with E-state index in [0.717, 1.165) is 23.7 Å². The van der Waals surface area contributed by atoms with Crippen molar-refractivity contribution in [1.29, 1.82) is 0 Å². The van der Waals surface area contributed by atoms with Crippen LogP contribution in [0.15, 0.2) is 60.7 Å². The smallest absolute Gasteiger partial charge is 0.0121 e. The third-order valence-corrected chi connectivity index (χ3v) is 6.95. The van der Waals surface area contributed by atoms with E-state index in [9.17, 15) is 0 Å². The van der Waals surface area contributed by atoms with Crippen LogP contribution < -0.4 is 0 Å². The average molecular weight is 244 g/mol. The second-order valence-electron chi connectivity index (χ2n) is 6.97. The van der Waals surface area contributed by atoms with Crippen LogP contribution in [0.5, 0.6) is 0 Å². The summed E-state index contributed by atoms with van der Waals surface area (Å²) in [5.41, 5.74) is 4.35. The van der Waals surface area contributed by atoms with E-state index < -0.39 is 0 Å². The highest BCUT2D eigenvalue weighted by atomic mass is 15.1. The Bertz CT molecular complexity index is 609. The van der Waals surface area contributed by atoms with E-state index in [1.807, 2.05) is 0 Å². The van der Waals surface area contributed by atoms with Crippen molar-refractivity contribution in [2.75, 3.05) is 0 Å². The van der Waals surface area contributed by atoms with E-state index >= 15 is 0 Å². The zero-order valence-corrected chi connectivity index (χ0v) is 10.8. The maximum absolute atomic E-state index is 2.38. The molecule has 0 aromatic heterocycles. The van der Waals surface area contributed by atoms with Gasteiger partial charge < -0.3 is 0 Å². The number of hydrogen-bond acceptors (Lipinski definition) is 0. The van der Waals surface area contributed by atoms with Gasteiger partial charge in [-0.1, -0.05) is 60.7 Å². The Balaban J connectivity index is 1.59. The number of rotatable bonds is 2. The first kappa shape index (κ1) is 9.36. The molecule has 6 atom stereocenters. The summed E-state index contributed by atoms with van der Waals surface area (Å²) in [5, 5.41) is 0. The Morgan fingerprint density at radius 1 is 0.632 bits per heavy atom. The van der Waals surface area contributed by atoms with Crippen molar-refractivity contribution in [2.24, 2.45) is 23.7 Å². The summed E-state index contributed by atoms with van der Waals surface area (Å²) in [6.07, 6.45) is 1.50. The van der Waals surface area contributed by atoms with Crippen molar-refractivity contribution < 1.29 is 0 Å². The van der Waals surface area contributed by atoms with Gasteiger partial charge in [-0.2, -0.15) is 0 Å². The molecule has 0 heterocycles. The molecule has 0 saturated heterocycles. The van der Waals surface area contributed by atoms with Crippen LogP contribution in [0, 0.1) is 23.7 Å². The lowest BCUT2D eigenvalue weighted by molar-refractivity contribution is 0.310. The third kappa shape index (κ3) is 0.672. The second kappa shape index (κ2) is 2.52. The molecule has 0 nitrogen and oxygen atoms in total. The first-order valence-corrected chi connectivity index (χ1v) is 7.54. The minimum atomic E-state index is 0.547. The van der Waals surface area contributed by atoms with Gasteiger partial charge in [-0.3, -0.25) is 0 Å². The largest absolute Gasteiger partial charge is 0.0622 e. The summed E-state index contributed by atoms with van der Waals surface area (Å²) >= 11 is 0. The van der Waals surface area contributed by atoms with Crippen molar-refractivity contribution in [3.8, 4) is 0 Å². The molecule has 2 bridgehead atoms. The fourth-order valence-electron chi connectivity index (χ4n) is 6.77. The minimum Gasteiger partial charge on any atom is -0.0622 e. The summed E-state index contributed by atoms with van der Waals surface area (Å²) in [4.78, 5) is 0. The Morgan fingerprint density at radius 2 is 1.05 bits per heavy atom. The van der Waals surface area contributed by atoms with E-state index in [4.69, 9.17) is 0 Å². The molecule has 2 aromatic rings. The van der Waals surface area contributed by atoms with Crippen LogP contribution in [0.4, 0.5) is 0 Å². The van der Waals surface area contributed by atoms with E-state index in [-0.39, 0.29) is 0 Å². The van der Waals surface area contributed by atoms with Crippen LogP contribution >= 0.6 is 0 Å². The molecule has 6 unspecified atom stereocenters. The molecule has 7 rings (SSSR count). The molecular formula is C19H16. The van der Waals surface area contributed by atoms with Crippen LogP contribution in [0.3, 0.4) is 0 Å². The highest BCUT2D eigenvalue weighted by Gasteiger charge is 3.04. The minimum absolute atomic E-state index is 0.547. The number of hydrogen-bond donors (Lipinski definition) is 0. The molecule has 0 N–H and O–H groups in total. The molecular weight excluding hydrogens is 228 g/mol. The van der Waals surface area contributed by atoms with Crippen LogP contribution in [-0.4, -0.2) is 0 Å². The zero-order valence-electron chi connectivity index (χ0n) is 10.8. The molecule has 19 heavy (non-hydrogen) atoms. The molecule has 5 aliphatic carbocycles. The predicted molar refractivity (Wildman–Crippen MR) is 74.8 cm³/mol. The van der Waals surface area contributed by atoms with E-state index in [1.54, 1.807) is 11.1 Å². The lowest BCUT2D eigenvalue weighted by Crippen LogP contribution is -2.38. The summed E-state index contributed by atoms with van der Waals surface area (Å²) in [5.74, 6) is 4.07. The first-order chi connectivity index (χ1) is 9.43. The van der Waals surface area contributed by atoms with Crippen LogP contribution in [0.1, 0.15) is 17.5 Å². The molecule has 0 radical (unpaired) electrons. The SMILES string of the molecule is c1ccc(C23C4CC5C(C42)C53c2ccccc2)cc1. The zero-order chi connectivity index (χ0) is 12.2. The third-order valence-electron chi connectivity index (χ3n) is 6.95. The highest BCUT2D eigenvalue weighted by molar-refractivity contribution is 5.68. The van der Waals surface area contributed by atoms with Crippen molar-refractivity contribution >= 4 is 0 Å². The molecule has 0 spiro atoms. The van der Waals surface area contributed by atoms with Gasteiger partial charge in [0.15, 0.2) is 0 Å². The Kier molecular flexibility index (Phi) is 1.24. The van der Waals surface area contributed by atoms with Gasteiger partial charge in [0.1, 0.15) is 0 Å². The van der Waals surface area contributed by atoms with Crippen LogP contribution in [-0.2, 0) is 10.8 Å². The second-order valence-corrected chi connectivity index (χ2v) is 6.97. The van der Waals surface area contributed by atoms with Gasteiger partial charge in [0, 0.05) is 10.8 Å². The van der Waals surface area contributed by atoms with Gasteiger partial charge in [0.25, 0.3) is 0 Å². The summed E-state index contributed by atoms with van der Waals surface area (Å²) in [6.45, 7) is 0. The van der Waals surface area contributed by atoms with Crippen molar-refractivity contribution in [3.05, 3.63) is 71.8 Å². The van der Waals surface area contributed by atoms with Gasteiger partial charge in [-0.25, -0.2) is 0 Å². The number of benzene rings is 2. The van der Waals surface area contributed by atoms with Crippen LogP contribution in [0.2, 0.25) is 0 Å². The fraction of sp³-hybridized carbons (Fsp3) is 0.368. The van der Waals surface area contributed by atoms with E-state index in [1.165, 1.54) is 6.42 Å². The fourth-order valence-corrected chi connectivity index (χ4v) is 6.77. The Hall–Kier alpha value is -1.56. The molecule has 2 aromatic carbocycles. The summed E-state index contributed by atoms with van der Waals surface area (Å²) in [7, 11) is 0. The average Bonchev–Trinajstić information content (AvgIpc) is 3.12. The van der Waals surface area contributed by atoms with Gasteiger partial charge in [-0.05, 0) is 41.2 Å². The van der Waals surface area contributed by atoms with E-state index in [2.05, 4.69) is 60.7 Å². The van der Waals surface area contributed by atoms with Gasteiger partial charge in [0.2, 0.25) is 0 Å². The Labute approximate surface area is 113 Å². The highest BCUT2D eigenvalue weighted by Crippen LogP contribution is 3.03. The van der Waals surface area contributed by atoms with E-state index in [0.29, 0.717) is 10.8 Å². The van der Waals surface area contributed by atoms with Crippen LogP contribution in [0.25, 0.3) is 0 Å². The summed E-state index contributed by atoms with van der Waals surface area (Å²) in [6, 6.07) is 22.7. The maximum atomic E-state index is 2.38. The lowest BCUT2D eigenvalue weighted by Gasteiger charge is -2.37. The standard InChI is InChI=1S/C19H16/c1-3-7-12(8-4-1)18-14-11-15-17(16(14)18)19(15,18)13-9-5-2-6-10-13/h1-10,14-17H,11H2. The van der Waals surface area contributed by atoms with Gasteiger partial charge >= 0.3 is 0 Å². The normalized spacial score (nSPS) is 50.3. The quantitative estimate of drug-likeness (QED) is 0.754. The monoisotopic (exact) mass is 244 g/mol. The molecule has 0 aliphatic heterocycles. The topological polar surface area (TPSA) is 0 Å². The van der Waals surface area contributed by atoms with Crippen molar-refractivity contribution in [1.82, 2.24) is 0 Å². The lowest BCUT2D eigenvalue weighted by atomic mass is 9.65. The molecule has 5 fully saturated rings. The van der Waals surface area contributed by atoms with Crippen molar-refractivity contribution in [3.63, 3.8) is 0 Å². The maximum Gasteiger partial charge on any atom is 0.0121 e.